The number of carbonyl (C=O) groups excluding carboxylic acids is 2. The van der Waals surface area contributed by atoms with Gasteiger partial charge in [-0.2, -0.15) is 0 Å². The molecule has 0 saturated carbocycles. The summed E-state index contributed by atoms with van der Waals surface area (Å²) in [7, 11) is 0. The number of carbonyl (C=O) groups is 2. The first-order valence-corrected chi connectivity index (χ1v) is 9.53. The zero-order chi connectivity index (χ0) is 18.5. The Labute approximate surface area is 159 Å². The molecule has 1 aliphatic heterocycles. The Bertz CT molecular complexity index is 880. The molecule has 2 amide bonds. The Hall–Kier alpha value is -2.22. The van der Waals surface area contributed by atoms with Gasteiger partial charge in [0.25, 0.3) is 5.56 Å². The van der Waals surface area contributed by atoms with E-state index in [4.69, 9.17) is 0 Å². The number of benzene rings is 1. The standard InChI is InChI=1S/C18H21BrN4O3/c19-13-5-6-15-14(10-13)18(26)23(12-21-15)11-16(24)20-7-9-22-8-3-1-2-4-17(22)25/h5-6,10,12H,1-4,7-9,11H2,(H,20,24). The number of nitrogens with one attached hydrogen (secondary N) is 1. The van der Waals surface area contributed by atoms with Crippen LogP contribution in [0.3, 0.4) is 0 Å². The van der Waals surface area contributed by atoms with Gasteiger partial charge in [-0.25, -0.2) is 4.98 Å². The van der Waals surface area contributed by atoms with Crippen molar-refractivity contribution in [1.29, 1.82) is 0 Å². The quantitative estimate of drug-likeness (QED) is 0.797. The molecular weight excluding hydrogens is 400 g/mol. The summed E-state index contributed by atoms with van der Waals surface area (Å²) in [6, 6.07) is 5.27. The monoisotopic (exact) mass is 420 g/mol. The number of rotatable bonds is 5. The van der Waals surface area contributed by atoms with E-state index in [9.17, 15) is 14.4 Å². The lowest BCUT2D eigenvalue weighted by Gasteiger charge is -2.20. The molecule has 1 aromatic carbocycles. The lowest BCUT2D eigenvalue weighted by molar-refractivity contribution is -0.131. The van der Waals surface area contributed by atoms with Gasteiger partial charge in [-0.15, -0.1) is 0 Å². The molecule has 0 unspecified atom stereocenters. The molecule has 26 heavy (non-hydrogen) atoms. The van der Waals surface area contributed by atoms with Crippen LogP contribution in [0.2, 0.25) is 0 Å². The maximum Gasteiger partial charge on any atom is 0.261 e. The van der Waals surface area contributed by atoms with Gasteiger partial charge in [0, 0.05) is 30.5 Å². The Balaban J connectivity index is 1.58. The number of halogens is 1. The molecule has 1 N–H and O–H groups in total. The summed E-state index contributed by atoms with van der Waals surface area (Å²) in [6.45, 7) is 1.54. The van der Waals surface area contributed by atoms with Crippen molar-refractivity contribution in [3.8, 4) is 0 Å². The van der Waals surface area contributed by atoms with E-state index in [1.54, 1.807) is 17.0 Å². The van der Waals surface area contributed by atoms with E-state index in [1.165, 1.54) is 10.9 Å². The van der Waals surface area contributed by atoms with Crippen molar-refractivity contribution in [3.63, 3.8) is 0 Å². The van der Waals surface area contributed by atoms with E-state index < -0.39 is 0 Å². The first-order chi connectivity index (χ1) is 12.5. The topological polar surface area (TPSA) is 84.3 Å². The van der Waals surface area contributed by atoms with Crippen LogP contribution in [0.1, 0.15) is 25.7 Å². The van der Waals surface area contributed by atoms with Gasteiger partial charge in [-0.1, -0.05) is 22.4 Å². The largest absolute Gasteiger partial charge is 0.353 e. The van der Waals surface area contributed by atoms with Gasteiger partial charge in [0.05, 0.1) is 17.2 Å². The second-order valence-corrected chi connectivity index (χ2v) is 7.30. The van der Waals surface area contributed by atoms with Crippen molar-refractivity contribution >= 4 is 38.6 Å². The summed E-state index contributed by atoms with van der Waals surface area (Å²) in [5, 5.41) is 3.24. The molecular formula is C18H21BrN4O3. The summed E-state index contributed by atoms with van der Waals surface area (Å²) < 4.78 is 2.08. The Morgan fingerprint density at radius 2 is 2.08 bits per heavy atom. The maximum absolute atomic E-state index is 12.5. The first kappa shape index (κ1) is 18.6. The van der Waals surface area contributed by atoms with E-state index in [0.29, 0.717) is 30.4 Å². The van der Waals surface area contributed by atoms with E-state index in [1.807, 2.05) is 6.07 Å². The second kappa shape index (κ2) is 8.44. The minimum Gasteiger partial charge on any atom is -0.353 e. The summed E-state index contributed by atoms with van der Waals surface area (Å²) >= 11 is 3.34. The predicted molar refractivity (Wildman–Crippen MR) is 102 cm³/mol. The van der Waals surface area contributed by atoms with Crippen LogP contribution in [0.25, 0.3) is 10.9 Å². The molecule has 3 rings (SSSR count). The Morgan fingerprint density at radius 1 is 1.23 bits per heavy atom. The number of fused-ring (bicyclic) bond motifs is 1. The van der Waals surface area contributed by atoms with Crippen molar-refractivity contribution in [1.82, 2.24) is 19.8 Å². The lowest BCUT2D eigenvalue weighted by atomic mass is 10.2. The van der Waals surface area contributed by atoms with Crippen molar-refractivity contribution < 1.29 is 9.59 Å². The molecule has 138 valence electrons. The van der Waals surface area contributed by atoms with Crippen molar-refractivity contribution in [3.05, 3.63) is 39.4 Å². The molecule has 2 heterocycles. The molecule has 0 atom stereocenters. The highest BCUT2D eigenvalue weighted by Gasteiger charge is 2.16. The van der Waals surface area contributed by atoms with Gasteiger partial charge in [-0.05, 0) is 31.0 Å². The molecule has 2 aromatic rings. The summed E-state index contributed by atoms with van der Waals surface area (Å²) in [5.74, 6) is -0.122. The lowest BCUT2D eigenvalue weighted by Crippen LogP contribution is -2.40. The minimum absolute atomic E-state index is 0.0950. The van der Waals surface area contributed by atoms with Crippen LogP contribution in [0, 0.1) is 0 Å². The SMILES string of the molecule is O=C(Cn1cnc2ccc(Br)cc2c1=O)NCCN1CCCCCC1=O. The normalized spacial score (nSPS) is 15.1. The smallest absolute Gasteiger partial charge is 0.261 e. The fraction of sp³-hybridized carbons (Fsp3) is 0.444. The fourth-order valence-corrected chi connectivity index (χ4v) is 3.42. The third kappa shape index (κ3) is 4.49. The van der Waals surface area contributed by atoms with E-state index in [0.717, 1.165) is 30.3 Å². The van der Waals surface area contributed by atoms with Crippen LogP contribution in [-0.4, -0.2) is 45.9 Å². The maximum atomic E-state index is 12.5. The zero-order valence-electron chi connectivity index (χ0n) is 14.4. The Morgan fingerprint density at radius 3 is 2.92 bits per heavy atom. The number of hydrogen-bond donors (Lipinski definition) is 1. The summed E-state index contributed by atoms with van der Waals surface area (Å²) in [4.78, 5) is 42.6. The molecule has 8 heteroatoms. The minimum atomic E-state index is -0.273. The van der Waals surface area contributed by atoms with Gasteiger partial charge in [0.1, 0.15) is 6.54 Å². The molecule has 1 fully saturated rings. The van der Waals surface area contributed by atoms with E-state index in [-0.39, 0.29) is 23.9 Å². The second-order valence-electron chi connectivity index (χ2n) is 6.38. The first-order valence-electron chi connectivity index (χ1n) is 8.74. The summed E-state index contributed by atoms with van der Waals surface area (Å²) in [5.41, 5.74) is 0.337. The summed E-state index contributed by atoms with van der Waals surface area (Å²) in [6.07, 6.45) is 4.99. The van der Waals surface area contributed by atoms with E-state index >= 15 is 0 Å². The molecule has 7 nitrogen and oxygen atoms in total. The predicted octanol–water partition coefficient (Wildman–Crippen LogP) is 1.68. The number of aromatic nitrogens is 2. The highest BCUT2D eigenvalue weighted by molar-refractivity contribution is 9.10. The zero-order valence-corrected chi connectivity index (χ0v) is 16.0. The van der Waals surface area contributed by atoms with Gasteiger partial charge in [-0.3, -0.25) is 19.0 Å². The van der Waals surface area contributed by atoms with Crippen LogP contribution in [-0.2, 0) is 16.1 Å². The van der Waals surface area contributed by atoms with Crippen molar-refractivity contribution in [2.75, 3.05) is 19.6 Å². The van der Waals surface area contributed by atoms with Gasteiger partial charge in [0.15, 0.2) is 0 Å². The van der Waals surface area contributed by atoms with Crippen LogP contribution < -0.4 is 10.9 Å². The van der Waals surface area contributed by atoms with Crippen molar-refractivity contribution in [2.45, 2.75) is 32.2 Å². The molecule has 0 spiro atoms. The molecule has 0 aliphatic carbocycles. The number of amides is 2. The highest BCUT2D eigenvalue weighted by Crippen LogP contribution is 2.14. The molecule has 1 saturated heterocycles. The van der Waals surface area contributed by atoms with Crippen LogP contribution in [0.4, 0.5) is 0 Å². The van der Waals surface area contributed by atoms with Crippen LogP contribution in [0.5, 0.6) is 0 Å². The van der Waals surface area contributed by atoms with Gasteiger partial charge in [0.2, 0.25) is 11.8 Å². The van der Waals surface area contributed by atoms with Gasteiger partial charge < -0.3 is 10.2 Å². The number of nitrogens with zero attached hydrogens (tertiary/aromatic N) is 3. The number of likely N-dealkylation sites (tertiary alicyclic amines) is 1. The third-order valence-electron chi connectivity index (χ3n) is 4.48. The Kier molecular flexibility index (Phi) is 6.03. The average Bonchev–Trinajstić information content (AvgIpc) is 2.82. The fourth-order valence-electron chi connectivity index (χ4n) is 3.06. The van der Waals surface area contributed by atoms with Gasteiger partial charge >= 0.3 is 0 Å². The van der Waals surface area contributed by atoms with Crippen LogP contribution in [0.15, 0.2) is 33.8 Å². The highest BCUT2D eigenvalue weighted by atomic mass is 79.9. The molecule has 1 aromatic heterocycles. The van der Waals surface area contributed by atoms with E-state index in [2.05, 4.69) is 26.2 Å². The van der Waals surface area contributed by atoms with Crippen LogP contribution >= 0.6 is 15.9 Å². The third-order valence-corrected chi connectivity index (χ3v) is 4.97. The molecule has 0 bridgehead atoms. The molecule has 0 radical (unpaired) electrons. The molecule has 1 aliphatic rings. The average molecular weight is 421 g/mol. The number of hydrogen-bond acceptors (Lipinski definition) is 4. The van der Waals surface area contributed by atoms with Crippen molar-refractivity contribution in [2.24, 2.45) is 0 Å².